The summed E-state index contributed by atoms with van der Waals surface area (Å²) in [6, 6.07) is 5.94. The predicted molar refractivity (Wildman–Crippen MR) is 106 cm³/mol. The zero-order chi connectivity index (χ0) is 21.2. The molecule has 2 heterocycles. The fourth-order valence-corrected chi connectivity index (χ4v) is 5.36. The van der Waals surface area contributed by atoms with E-state index in [4.69, 9.17) is 4.74 Å². The molecule has 0 aliphatic carbocycles. The number of benzene rings is 1. The van der Waals surface area contributed by atoms with Gasteiger partial charge < -0.3 is 15.0 Å². The van der Waals surface area contributed by atoms with Crippen molar-refractivity contribution in [1.29, 1.82) is 0 Å². The van der Waals surface area contributed by atoms with Crippen LogP contribution in [-0.2, 0) is 19.6 Å². The maximum Gasteiger partial charge on any atom is 0.409 e. The molecule has 1 atom stereocenters. The maximum atomic E-state index is 12.6. The standard InChI is InChI=1S/C19H25N3O6S/c1-3-28-19(25)21-9-7-15(8-10-21)20-17(23)14-5-4-6-16(11-14)22-18(24)13(2)12-29(22,26)27/h4-6,11,13,15H,3,7-10,12H2,1-2H3,(H,20,23)/t13-/m1/s1. The summed E-state index contributed by atoms with van der Waals surface area (Å²) in [6.45, 7) is 4.62. The zero-order valence-electron chi connectivity index (χ0n) is 16.5. The van der Waals surface area contributed by atoms with Crippen LogP contribution in [0.3, 0.4) is 0 Å². The fraction of sp³-hybridized carbons (Fsp3) is 0.526. The number of rotatable bonds is 4. The van der Waals surface area contributed by atoms with Gasteiger partial charge in [0, 0.05) is 24.7 Å². The molecular formula is C19H25N3O6S. The number of hydrogen-bond donors (Lipinski definition) is 1. The minimum atomic E-state index is -3.72. The Hall–Kier alpha value is -2.62. The molecule has 9 nitrogen and oxygen atoms in total. The lowest BCUT2D eigenvalue weighted by Crippen LogP contribution is -2.46. The highest BCUT2D eigenvalue weighted by Gasteiger charge is 2.42. The normalized spacial score (nSPS) is 21.9. The van der Waals surface area contributed by atoms with Crippen LogP contribution < -0.4 is 9.62 Å². The van der Waals surface area contributed by atoms with E-state index in [0.717, 1.165) is 4.31 Å². The van der Waals surface area contributed by atoms with Gasteiger partial charge in [-0.15, -0.1) is 0 Å². The second-order valence-electron chi connectivity index (χ2n) is 7.27. The van der Waals surface area contributed by atoms with Crippen LogP contribution in [0.4, 0.5) is 10.5 Å². The van der Waals surface area contributed by atoms with Gasteiger partial charge in [0.1, 0.15) is 0 Å². The molecular weight excluding hydrogens is 398 g/mol. The summed E-state index contributed by atoms with van der Waals surface area (Å²) in [5.74, 6) is -1.68. The van der Waals surface area contributed by atoms with Gasteiger partial charge >= 0.3 is 6.09 Å². The smallest absolute Gasteiger partial charge is 0.409 e. The topological polar surface area (TPSA) is 113 Å². The molecule has 0 unspecified atom stereocenters. The van der Waals surface area contributed by atoms with E-state index in [1.807, 2.05) is 0 Å². The number of hydrogen-bond acceptors (Lipinski definition) is 6. The van der Waals surface area contributed by atoms with Crippen molar-refractivity contribution in [2.24, 2.45) is 5.92 Å². The number of carbonyl (C=O) groups is 3. The number of carbonyl (C=O) groups excluding carboxylic acids is 3. The summed E-state index contributed by atoms with van der Waals surface area (Å²) < 4.78 is 30.3. The first-order chi connectivity index (χ1) is 13.7. The zero-order valence-corrected chi connectivity index (χ0v) is 17.3. The van der Waals surface area contributed by atoms with Crippen LogP contribution in [0, 0.1) is 5.92 Å². The van der Waals surface area contributed by atoms with Crippen molar-refractivity contribution < 1.29 is 27.5 Å². The molecule has 2 fully saturated rings. The van der Waals surface area contributed by atoms with Crippen molar-refractivity contribution in [3.8, 4) is 0 Å². The van der Waals surface area contributed by atoms with E-state index in [2.05, 4.69) is 5.32 Å². The van der Waals surface area contributed by atoms with Crippen molar-refractivity contribution in [3.63, 3.8) is 0 Å². The lowest BCUT2D eigenvalue weighted by Gasteiger charge is -2.31. The molecule has 0 bridgehead atoms. The Morgan fingerprint density at radius 2 is 1.93 bits per heavy atom. The Kier molecular flexibility index (Phi) is 6.11. The molecule has 3 amide bonds. The molecule has 158 valence electrons. The van der Waals surface area contributed by atoms with Crippen molar-refractivity contribution in [2.45, 2.75) is 32.7 Å². The molecule has 0 spiro atoms. The number of ether oxygens (including phenoxy) is 1. The van der Waals surface area contributed by atoms with Gasteiger partial charge in [-0.05, 0) is 38.0 Å². The molecule has 0 radical (unpaired) electrons. The third-order valence-electron chi connectivity index (χ3n) is 5.06. The van der Waals surface area contributed by atoms with Crippen LogP contribution >= 0.6 is 0 Å². The first-order valence-electron chi connectivity index (χ1n) is 9.62. The molecule has 2 aliphatic rings. The van der Waals surface area contributed by atoms with Crippen molar-refractivity contribution >= 4 is 33.6 Å². The van der Waals surface area contributed by atoms with E-state index < -0.39 is 21.8 Å². The van der Waals surface area contributed by atoms with E-state index in [-0.39, 0.29) is 35.0 Å². The summed E-state index contributed by atoms with van der Waals surface area (Å²) >= 11 is 0. The molecule has 10 heteroatoms. The summed E-state index contributed by atoms with van der Waals surface area (Å²) in [5.41, 5.74) is 0.446. The lowest BCUT2D eigenvalue weighted by molar-refractivity contribution is -0.119. The fourth-order valence-electron chi connectivity index (χ4n) is 3.55. The molecule has 3 rings (SSSR count). The Morgan fingerprint density at radius 3 is 2.52 bits per heavy atom. The molecule has 2 saturated heterocycles. The third-order valence-corrected chi connectivity index (χ3v) is 6.93. The van der Waals surface area contributed by atoms with Crippen LogP contribution in [0.25, 0.3) is 0 Å². The first kappa shape index (κ1) is 21.1. The first-order valence-corrected chi connectivity index (χ1v) is 11.2. The Bertz CT molecular complexity index is 908. The third kappa shape index (κ3) is 4.52. The van der Waals surface area contributed by atoms with Gasteiger partial charge in [-0.25, -0.2) is 17.5 Å². The number of likely N-dealkylation sites (tertiary alicyclic amines) is 1. The van der Waals surface area contributed by atoms with Gasteiger partial charge in [-0.1, -0.05) is 13.0 Å². The van der Waals surface area contributed by atoms with Gasteiger partial charge in [0.05, 0.1) is 24.0 Å². The highest BCUT2D eigenvalue weighted by molar-refractivity contribution is 7.94. The number of nitrogens with one attached hydrogen (secondary N) is 1. The summed E-state index contributed by atoms with van der Waals surface area (Å²) in [5, 5.41) is 2.91. The molecule has 0 aromatic heterocycles. The summed E-state index contributed by atoms with van der Waals surface area (Å²) in [7, 11) is -3.72. The van der Waals surface area contributed by atoms with Gasteiger partial charge in [-0.2, -0.15) is 0 Å². The van der Waals surface area contributed by atoms with E-state index >= 15 is 0 Å². The van der Waals surface area contributed by atoms with Crippen molar-refractivity contribution in [3.05, 3.63) is 29.8 Å². The van der Waals surface area contributed by atoms with Gasteiger partial charge in [-0.3, -0.25) is 9.59 Å². The minimum Gasteiger partial charge on any atom is -0.450 e. The highest BCUT2D eigenvalue weighted by atomic mass is 32.2. The average molecular weight is 423 g/mol. The van der Waals surface area contributed by atoms with Gasteiger partial charge in [0.15, 0.2) is 0 Å². The Balaban J connectivity index is 1.65. The number of amides is 3. The van der Waals surface area contributed by atoms with E-state index in [0.29, 0.717) is 32.5 Å². The van der Waals surface area contributed by atoms with E-state index in [1.165, 1.54) is 12.1 Å². The second kappa shape index (κ2) is 8.40. The van der Waals surface area contributed by atoms with Gasteiger partial charge in [0.2, 0.25) is 15.9 Å². The Morgan fingerprint density at radius 1 is 1.24 bits per heavy atom. The largest absolute Gasteiger partial charge is 0.450 e. The van der Waals surface area contributed by atoms with Crippen LogP contribution in [0.5, 0.6) is 0 Å². The van der Waals surface area contributed by atoms with Crippen molar-refractivity contribution in [2.75, 3.05) is 29.8 Å². The molecule has 1 aromatic rings. The number of sulfonamides is 1. The maximum absolute atomic E-state index is 12.6. The number of anilines is 1. The SMILES string of the molecule is CCOC(=O)N1CCC(NC(=O)c2cccc(N3C(=O)[C@H](C)CS3(=O)=O)c2)CC1. The van der Waals surface area contributed by atoms with Crippen molar-refractivity contribution in [1.82, 2.24) is 10.2 Å². The second-order valence-corrected chi connectivity index (χ2v) is 9.13. The molecule has 0 saturated carbocycles. The van der Waals surface area contributed by atoms with Crippen LogP contribution in [0.1, 0.15) is 37.0 Å². The molecule has 29 heavy (non-hydrogen) atoms. The van der Waals surface area contributed by atoms with Crippen LogP contribution in [0.2, 0.25) is 0 Å². The van der Waals surface area contributed by atoms with E-state index in [1.54, 1.807) is 30.9 Å². The number of nitrogens with zero attached hydrogens (tertiary/aromatic N) is 2. The van der Waals surface area contributed by atoms with Gasteiger partial charge in [0.25, 0.3) is 5.91 Å². The summed E-state index contributed by atoms with van der Waals surface area (Å²) in [4.78, 5) is 38.2. The Labute approximate surface area is 170 Å². The predicted octanol–water partition coefficient (Wildman–Crippen LogP) is 1.35. The molecule has 2 aliphatic heterocycles. The lowest BCUT2D eigenvalue weighted by atomic mass is 10.0. The number of piperidine rings is 1. The van der Waals surface area contributed by atoms with E-state index in [9.17, 15) is 22.8 Å². The summed E-state index contributed by atoms with van der Waals surface area (Å²) in [6.07, 6.45) is 0.845. The quantitative estimate of drug-likeness (QED) is 0.782. The van der Waals surface area contributed by atoms with Crippen LogP contribution in [-0.4, -0.2) is 62.7 Å². The minimum absolute atomic E-state index is 0.103. The highest BCUT2D eigenvalue weighted by Crippen LogP contribution is 2.28. The molecule has 1 aromatic carbocycles. The monoisotopic (exact) mass is 423 g/mol. The molecule has 1 N–H and O–H groups in total. The average Bonchev–Trinajstić information content (AvgIpc) is 2.89. The van der Waals surface area contributed by atoms with Crippen LogP contribution in [0.15, 0.2) is 24.3 Å².